The smallest absolute Gasteiger partial charge is 0.240 e. The third kappa shape index (κ3) is 2.37. The van der Waals surface area contributed by atoms with Gasteiger partial charge in [-0.15, -0.1) is 0 Å². The van der Waals surface area contributed by atoms with Crippen molar-refractivity contribution in [2.45, 2.75) is 57.9 Å². The Kier molecular flexibility index (Phi) is 3.18. The number of hydrogen-bond acceptors (Lipinski definition) is 2. The van der Waals surface area contributed by atoms with Crippen LogP contribution in [0.5, 0.6) is 0 Å². The lowest BCUT2D eigenvalue weighted by atomic mass is 10.0. The molecule has 2 rings (SSSR count). The molecule has 1 N–H and O–H groups in total. The lowest BCUT2D eigenvalue weighted by molar-refractivity contribution is -0.125. The number of nitrogens with zero attached hydrogens (tertiary/aromatic N) is 1. The Hall–Kier alpha value is -1.04. The second-order valence-electron chi connectivity index (χ2n) is 5.48. The molecule has 0 radical (unpaired) electrons. The number of rotatable bonds is 2. The zero-order chi connectivity index (χ0) is 11.6. The van der Waals surface area contributed by atoms with E-state index in [4.69, 9.17) is 5.26 Å². The van der Waals surface area contributed by atoms with Gasteiger partial charge in [-0.2, -0.15) is 5.26 Å². The van der Waals surface area contributed by atoms with Crippen LogP contribution >= 0.6 is 0 Å². The van der Waals surface area contributed by atoms with Gasteiger partial charge >= 0.3 is 0 Å². The van der Waals surface area contributed by atoms with E-state index < -0.39 is 5.41 Å². The van der Waals surface area contributed by atoms with Gasteiger partial charge in [-0.05, 0) is 38.0 Å². The van der Waals surface area contributed by atoms with E-state index in [1.54, 1.807) is 0 Å². The Labute approximate surface area is 97.2 Å². The maximum absolute atomic E-state index is 11.9. The molecule has 0 saturated heterocycles. The summed E-state index contributed by atoms with van der Waals surface area (Å²) in [4.78, 5) is 11.9. The van der Waals surface area contributed by atoms with Crippen molar-refractivity contribution in [1.29, 1.82) is 5.26 Å². The molecule has 0 aromatic carbocycles. The highest BCUT2D eigenvalue weighted by Crippen LogP contribution is 2.45. The Balaban J connectivity index is 1.85. The fourth-order valence-electron chi connectivity index (χ4n) is 2.47. The molecule has 1 amide bonds. The lowest BCUT2D eigenvalue weighted by Gasteiger charge is -2.18. The maximum Gasteiger partial charge on any atom is 0.240 e. The zero-order valence-electron chi connectivity index (χ0n) is 9.96. The van der Waals surface area contributed by atoms with Crippen LogP contribution in [-0.4, -0.2) is 11.9 Å². The fourth-order valence-corrected chi connectivity index (χ4v) is 2.47. The van der Waals surface area contributed by atoms with Crippen molar-refractivity contribution in [3.63, 3.8) is 0 Å². The van der Waals surface area contributed by atoms with Gasteiger partial charge in [0.15, 0.2) is 0 Å². The Morgan fingerprint density at radius 3 is 2.69 bits per heavy atom. The van der Waals surface area contributed by atoms with Gasteiger partial charge < -0.3 is 5.32 Å². The number of hydrogen-bond donors (Lipinski definition) is 1. The predicted octanol–water partition coefficient (Wildman–Crippen LogP) is 2.38. The van der Waals surface area contributed by atoms with Gasteiger partial charge in [-0.25, -0.2) is 0 Å². The normalized spacial score (nSPS) is 32.2. The van der Waals surface area contributed by atoms with Crippen LogP contribution in [0.15, 0.2) is 0 Å². The topological polar surface area (TPSA) is 52.9 Å². The second-order valence-corrected chi connectivity index (χ2v) is 5.48. The standard InChI is InChI=1S/C13H20N2O/c1-10-3-2-4-11(6-5-10)15-12(16)13(9-14)7-8-13/h10-11H,2-8H2,1H3,(H,15,16). The van der Waals surface area contributed by atoms with Crippen LogP contribution in [0.1, 0.15) is 51.9 Å². The van der Waals surface area contributed by atoms with Gasteiger partial charge in [-0.3, -0.25) is 4.79 Å². The molecular weight excluding hydrogens is 200 g/mol. The number of nitriles is 1. The Morgan fingerprint density at radius 2 is 2.06 bits per heavy atom. The van der Waals surface area contributed by atoms with Crippen LogP contribution in [0.2, 0.25) is 0 Å². The summed E-state index contributed by atoms with van der Waals surface area (Å²) in [7, 11) is 0. The molecular formula is C13H20N2O. The molecule has 0 spiro atoms. The molecule has 3 heteroatoms. The highest BCUT2D eigenvalue weighted by molar-refractivity contribution is 5.88. The first-order valence-electron chi connectivity index (χ1n) is 6.38. The van der Waals surface area contributed by atoms with E-state index in [0.717, 1.165) is 31.6 Å². The minimum Gasteiger partial charge on any atom is -0.352 e. The summed E-state index contributed by atoms with van der Waals surface area (Å²) >= 11 is 0. The molecule has 2 aliphatic carbocycles. The molecule has 2 unspecified atom stereocenters. The van der Waals surface area contributed by atoms with Crippen molar-refractivity contribution in [1.82, 2.24) is 5.32 Å². The van der Waals surface area contributed by atoms with E-state index in [-0.39, 0.29) is 5.91 Å². The minimum absolute atomic E-state index is 0.0189. The summed E-state index contributed by atoms with van der Waals surface area (Å²) in [6.07, 6.45) is 7.33. The first-order valence-corrected chi connectivity index (χ1v) is 6.38. The quantitative estimate of drug-likeness (QED) is 0.726. The van der Waals surface area contributed by atoms with Gasteiger partial charge in [0.1, 0.15) is 5.41 Å². The van der Waals surface area contributed by atoms with E-state index in [2.05, 4.69) is 18.3 Å². The van der Waals surface area contributed by atoms with Gasteiger partial charge in [0, 0.05) is 6.04 Å². The van der Waals surface area contributed by atoms with Crippen LogP contribution in [0.4, 0.5) is 0 Å². The molecule has 0 heterocycles. The number of carbonyl (C=O) groups excluding carboxylic acids is 1. The van der Waals surface area contributed by atoms with Crippen LogP contribution < -0.4 is 5.32 Å². The van der Waals surface area contributed by atoms with Gasteiger partial charge in [0.25, 0.3) is 0 Å². The molecule has 2 fully saturated rings. The molecule has 3 nitrogen and oxygen atoms in total. The molecule has 0 aromatic rings. The second kappa shape index (κ2) is 4.45. The molecule has 0 aromatic heterocycles. The summed E-state index contributed by atoms with van der Waals surface area (Å²) in [5.41, 5.74) is -0.655. The lowest BCUT2D eigenvalue weighted by Crippen LogP contribution is -2.39. The highest BCUT2D eigenvalue weighted by Gasteiger charge is 2.51. The van der Waals surface area contributed by atoms with Gasteiger partial charge in [0.05, 0.1) is 6.07 Å². The maximum atomic E-state index is 11.9. The first-order chi connectivity index (χ1) is 7.66. The van der Waals surface area contributed by atoms with Crippen molar-refractivity contribution in [2.75, 3.05) is 0 Å². The van der Waals surface area contributed by atoms with Gasteiger partial charge in [-0.1, -0.05) is 19.8 Å². The van der Waals surface area contributed by atoms with Crippen molar-refractivity contribution in [3.8, 4) is 6.07 Å². The molecule has 2 atom stereocenters. The average Bonchev–Trinajstić information content (AvgIpc) is 3.05. The number of nitrogens with one attached hydrogen (secondary N) is 1. The number of carbonyl (C=O) groups is 1. The summed E-state index contributed by atoms with van der Waals surface area (Å²) in [6, 6.07) is 2.46. The number of amides is 1. The summed E-state index contributed by atoms with van der Waals surface area (Å²) in [5, 5.41) is 12.0. The first kappa shape index (κ1) is 11.4. The minimum atomic E-state index is -0.655. The largest absolute Gasteiger partial charge is 0.352 e. The Bertz CT molecular complexity index is 314. The molecule has 2 saturated carbocycles. The molecule has 16 heavy (non-hydrogen) atoms. The van der Waals surface area contributed by atoms with Gasteiger partial charge in [0.2, 0.25) is 5.91 Å². The van der Waals surface area contributed by atoms with E-state index in [9.17, 15) is 4.79 Å². The predicted molar refractivity (Wildman–Crippen MR) is 61.5 cm³/mol. The van der Waals surface area contributed by atoms with E-state index >= 15 is 0 Å². The van der Waals surface area contributed by atoms with Crippen LogP contribution in [0.25, 0.3) is 0 Å². The summed E-state index contributed by atoms with van der Waals surface area (Å²) in [6.45, 7) is 2.28. The zero-order valence-corrected chi connectivity index (χ0v) is 9.96. The molecule has 2 aliphatic rings. The van der Waals surface area contributed by atoms with Crippen LogP contribution in [0, 0.1) is 22.7 Å². The van der Waals surface area contributed by atoms with Crippen molar-refractivity contribution in [2.24, 2.45) is 11.3 Å². The fraction of sp³-hybridized carbons (Fsp3) is 0.846. The monoisotopic (exact) mass is 220 g/mol. The molecule has 0 bridgehead atoms. The summed E-state index contributed by atoms with van der Waals surface area (Å²) in [5.74, 6) is 0.766. The molecule has 0 aliphatic heterocycles. The van der Waals surface area contributed by atoms with Crippen LogP contribution in [0.3, 0.4) is 0 Å². The Morgan fingerprint density at radius 1 is 1.31 bits per heavy atom. The van der Waals surface area contributed by atoms with Crippen molar-refractivity contribution >= 4 is 5.91 Å². The summed E-state index contributed by atoms with van der Waals surface area (Å²) < 4.78 is 0. The average molecular weight is 220 g/mol. The van der Waals surface area contributed by atoms with E-state index in [0.29, 0.717) is 6.04 Å². The third-order valence-corrected chi connectivity index (χ3v) is 3.99. The van der Waals surface area contributed by atoms with Crippen molar-refractivity contribution in [3.05, 3.63) is 0 Å². The third-order valence-electron chi connectivity index (χ3n) is 3.99. The highest BCUT2D eigenvalue weighted by atomic mass is 16.2. The molecule has 88 valence electrons. The van der Waals surface area contributed by atoms with Crippen molar-refractivity contribution < 1.29 is 4.79 Å². The van der Waals surface area contributed by atoms with E-state index in [1.165, 1.54) is 19.3 Å². The van der Waals surface area contributed by atoms with Crippen LogP contribution in [-0.2, 0) is 4.79 Å². The SMILES string of the molecule is CC1CCCC(NC(=O)C2(C#N)CC2)CC1. The van der Waals surface area contributed by atoms with E-state index in [1.807, 2.05) is 0 Å².